The van der Waals surface area contributed by atoms with E-state index in [1.54, 1.807) is 0 Å². The van der Waals surface area contributed by atoms with E-state index in [0.717, 1.165) is 68.6 Å². The van der Waals surface area contributed by atoms with E-state index in [1.165, 1.54) is 16.7 Å². The zero-order valence-corrected chi connectivity index (χ0v) is 22.1. The topological polar surface area (TPSA) is 64.7 Å². The predicted octanol–water partition coefficient (Wildman–Crippen LogP) is 4.31. The van der Waals surface area contributed by atoms with E-state index >= 15 is 0 Å². The Labute approximate surface area is 216 Å². The highest BCUT2D eigenvalue weighted by Crippen LogP contribution is 2.55. The molecule has 1 atom stereocenters. The van der Waals surface area contributed by atoms with E-state index in [1.807, 2.05) is 21.9 Å². The number of urea groups is 1. The summed E-state index contributed by atoms with van der Waals surface area (Å²) in [6.45, 7) is 7.46. The molecule has 7 heteroatoms. The van der Waals surface area contributed by atoms with Crippen molar-refractivity contribution in [2.45, 2.75) is 50.5 Å². The molecule has 35 heavy (non-hydrogen) atoms. The number of piperazine rings is 1. The number of hydrogen-bond donors (Lipinski definition) is 2. The minimum atomic E-state index is 0.0129. The van der Waals surface area contributed by atoms with E-state index in [2.05, 4.69) is 63.8 Å². The Morgan fingerprint density at radius 3 is 2.51 bits per heavy atom. The normalized spacial score (nSPS) is 21.1. The third-order valence-electron chi connectivity index (χ3n) is 8.24. The van der Waals surface area contributed by atoms with Crippen LogP contribution in [-0.4, -0.2) is 61.0 Å². The largest absolute Gasteiger partial charge is 0.340 e. The number of halogens is 1. The lowest BCUT2D eigenvalue weighted by Gasteiger charge is -2.40. The van der Waals surface area contributed by atoms with Gasteiger partial charge < -0.3 is 20.4 Å². The lowest BCUT2D eigenvalue weighted by molar-refractivity contribution is -0.132. The second-order valence-corrected chi connectivity index (χ2v) is 11.1. The summed E-state index contributed by atoms with van der Waals surface area (Å²) >= 11 is 3.83. The minimum Gasteiger partial charge on any atom is -0.340 e. The molecule has 6 nitrogen and oxygen atoms in total. The Hall–Kier alpha value is -2.38. The molecule has 3 aliphatic rings. The van der Waals surface area contributed by atoms with Gasteiger partial charge in [-0.1, -0.05) is 52.3 Å². The molecule has 2 aliphatic heterocycles. The summed E-state index contributed by atoms with van der Waals surface area (Å²) in [5, 5.41) is 6.44. The first-order valence-corrected chi connectivity index (χ1v) is 13.6. The average Bonchev–Trinajstić information content (AvgIpc) is 3.18. The monoisotopic (exact) mass is 538 g/mol. The molecule has 5 rings (SSSR count). The molecule has 2 saturated heterocycles. The molecule has 2 heterocycles. The number of fused-ring (bicyclic) bond motifs is 2. The van der Waals surface area contributed by atoms with Crippen molar-refractivity contribution >= 4 is 27.9 Å². The maximum absolute atomic E-state index is 13.1. The van der Waals surface area contributed by atoms with Gasteiger partial charge in [-0.15, -0.1) is 0 Å². The molecule has 1 aliphatic carbocycles. The second kappa shape index (κ2) is 10.3. The van der Waals surface area contributed by atoms with Crippen molar-refractivity contribution in [2.24, 2.45) is 0 Å². The fourth-order valence-electron chi connectivity index (χ4n) is 6.24. The van der Waals surface area contributed by atoms with E-state index in [-0.39, 0.29) is 23.3 Å². The SMILES string of the molecule is Cc1ccccc1CNC(=O)N1CCC2(CC1)CC(CC(=O)N1CCNCC1)c1cccc(Br)c12. The van der Waals surface area contributed by atoms with Crippen LogP contribution in [0.2, 0.25) is 0 Å². The summed E-state index contributed by atoms with van der Waals surface area (Å²) in [6.07, 6.45) is 3.42. The van der Waals surface area contributed by atoms with Gasteiger partial charge in [0.25, 0.3) is 0 Å². The zero-order valence-electron chi connectivity index (χ0n) is 20.5. The Balaban J connectivity index is 1.25. The number of benzene rings is 2. The molecule has 0 aromatic heterocycles. The van der Waals surface area contributed by atoms with E-state index in [0.29, 0.717) is 13.0 Å². The maximum Gasteiger partial charge on any atom is 0.317 e. The van der Waals surface area contributed by atoms with Gasteiger partial charge in [0.1, 0.15) is 0 Å². The van der Waals surface area contributed by atoms with Gasteiger partial charge in [-0.05, 0) is 60.4 Å². The lowest BCUT2D eigenvalue weighted by atomic mass is 9.73. The minimum absolute atomic E-state index is 0.0129. The second-order valence-electron chi connectivity index (χ2n) is 10.3. The first-order chi connectivity index (χ1) is 17.0. The van der Waals surface area contributed by atoms with Gasteiger partial charge in [0.15, 0.2) is 0 Å². The van der Waals surface area contributed by atoms with Gasteiger partial charge in [0.2, 0.25) is 5.91 Å². The highest BCUT2D eigenvalue weighted by Gasteiger charge is 2.47. The van der Waals surface area contributed by atoms with Crippen LogP contribution < -0.4 is 10.6 Å². The van der Waals surface area contributed by atoms with Gasteiger partial charge in [-0.2, -0.15) is 0 Å². The molecule has 2 fully saturated rings. The van der Waals surface area contributed by atoms with Crippen LogP contribution in [0, 0.1) is 6.92 Å². The van der Waals surface area contributed by atoms with Gasteiger partial charge in [0, 0.05) is 62.1 Å². The fourth-order valence-corrected chi connectivity index (χ4v) is 7.05. The van der Waals surface area contributed by atoms with Crippen LogP contribution in [0.3, 0.4) is 0 Å². The standard InChI is InChI=1S/C28H35BrN4O2/c1-20-5-2-3-6-21(20)19-31-27(35)33-13-9-28(10-14-33)18-22(23-7-4-8-24(29)26(23)28)17-25(34)32-15-11-30-12-16-32/h2-8,22,30H,9-19H2,1H3,(H,31,35). The molecule has 0 radical (unpaired) electrons. The summed E-state index contributed by atoms with van der Waals surface area (Å²) < 4.78 is 1.14. The van der Waals surface area contributed by atoms with Gasteiger partial charge in [0.05, 0.1) is 0 Å². The first-order valence-electron chi connectivity index (χ1n) is 12.8. The van der Waals surface area contributed by atoms with Crippen LogP contribution in [0.5, 0.6) is 0 Å². The number of aryl methyl sites for hydroxylation is 1. The summed E-state index contributed by atoms with van der Waals surface area (Å²) in [6, 6.07) is 14.6. The maximum atomic E-state index is 13.1. The van der Waals surface area contributed by atoms with E-state index in [9.17, 15) is 9.59 Å². The quantitative estimate of drug-likeness (QED) is 0.609. The number of piperidine rings is 1. The van der Waals surface area contributed by atoms with Crippen molar-refractivity contribution in [1.29, 1.82) is 0 Å². The molecular formula is C28H35BrN4O2. The van der Waals surface area contributed by atoms with Gasteiger partial charge >= 0.3 is 6.03 Å². The number of nitrogens with one attached hydrogen (secondary N) is 2. The molecule has 0 saturated carbocycles. The summed E-state index contributed by atoms with van der Waals surface area (Å²) in [7, 11) is 0. The van der Waals surface area contributed by atoms with Crippen molar-refractivity contribution in [3.05, 3.63) is 69.2 Å². The lowest BCUT2D eigenvalue weighted by Crippen LogP contribution is -2.48. The molecule has 0 bridgehead atoms. The zero-order chi connectivity index (χ0) is 24.4. The molecule has 1 spiro atoms. The van der Waals surface area contributed by atoms with Crippen LogP contribution in [0.4, 0.5) is 4.79 Å². The molecule has 2 aromatic rings. The third-order valence-corrected chi connectivity index (χ3v) is 8.90. The Kier molecular flexibility index (Phi) is 7.17. The van der Waals surface area contributed by atoms with E-state index in [4.69, 9.17) is 0 Å². The van der Waals surface area contributed by atoms with Crippen molar-refractivity contribution in [3.8, 4) is 0 Å². The number of carbonyl (C=O) groups excluding carboxylic acids is 2. The number of amides is 3. The number of nitrogens with zero attached hydrogens (tertiary/aromatic N) is 2. The van der Waals surface area contributed by atoms with Crippen LogP contribution in [-0.2, 0) is 16.8 Å². The Morgan fingerprint density at radius 2 is 1.77 bits per heavy atom. The van der Waals surface area contributed by atoms with Crippen LogP contribution in [0.1, 0.15) is 53.9 Å². The number of carbonyl (C=O) groups is 2. The molecule has 3 amide bonds. The number of likely N-dealkylation sites (tertiary alicyclic amines) is 1. The molecule has 2 aromatic carbocycles. The predicted molar refractivity (Wildman–Crippen MR) is 141 cm³/mol. The Morgan fingerprint density at radius 1 is 1.03 bits per heavy atom. The molecule has 2 N–H and O–H groups in total. The van der Waals surface area contributed by atoms with Gasteiger partial charge in [-0.3, -0.25) is 4.79 Å². The highest BCUT2D eigenvalue weighted by atomic mass is 79.9. The Bertz CT molecular complexity index is 1090. The molecular weight excluding hydrogens is 504 g/mol. The summed E-state index contributed by atoms with van der Waals surface area (Å²) in [5.41, 5.74) is 5.06. The average molecular weight is 540 g/mol. The smallest absolute Gasteiger partial charge is 0.317 e. The van der Waals surface area contributed by atoms with Crippen molar-refractivity contribution in [3.63, 3.8) is 0 Å². The molecule has 186 valence electrons. The summed E-state index contributed by atoms with van der Waals surface area (Å²) in [4.78, 5) is 30.0. The third kappa shape index (κ3) is 4.98. The van der Waals surface area contributed by atoms with Gasteiger partial charge in [-0.25, -0.2) is 4.79 Å². The first kappa shape index (κ1) is 24.3. The van der Waals surface area contributed by atoms with Crippen molar-refractivity contribution < 1.29 is 9.59 Å². The van der Waals surface area contributed by atoms with Crippen LogP contribution >= 0.6 is 15.9 Å². The molecule has 1 unspecified atom stereocenters. The number of hydrogen-bond acceptors (Lipinski definition) is 3. The van der Waals surface area contributed by atoms with Crippen molar-refractivity contribution in [2.75, 3.05) is 39.3 Å². The summed E-state index contributed by atoms with van der Waals surface area (Å²) in [5.74, 6) is 0.513. The van der Waals surface area contributed by atoms with E-state index < -0.39 is 0 Å². The highest BCUT2D eigenvalue weighted by molar-refractivity contribution is 9.10. The fraction of sp³-hybridized carbons (Fsp3) is 0.500. The van der Waals surface area contributed by atoms with Crippen LogP contribution in [0.25, 0.3) is 0 Å². The number of rotatable bonds is 4. The van der Waals surface area contributed by atoms with Crippen molar-refractivity contribution in [1.82, 2.24) is 20.4 Å². The van der Waals surface area contributed by atoms with Crippen LogP contribution in [0.15, 0.2) is 46.9 Å².